The summed E-state index contributed by atoms with van der Waals surface area (Å²) < 4.78 is 6.13. The van der Waals surface area contributed by atoms with Crippen LogP contribution in [-0.2, 0) is 6.42 Å². The predicted octanol–water partition coefficient (Wildman–Crippen LogP) is 4.66. The molecule has 2 aromatic carbocycles. The fourth-order valence-corrected chi connectivity index (χ4v) is 3.67. The van der Waals surface area contributed by atoms with Crippen LogP contribution in [0.4, 0.5) is 5.82 Å². The van der Waals surface area contributed by atoms with Gasteiger partial charge in [0.25, 0.3) is 0 Å². The number of rotatable bonds is 1. The van der Waals surface area contributed by atoms with Crippen molar-refractivity contribution in [3.63, 3.8) is 0 Å². The number of benzene rings is 2. The zero-order chi connectivity index (χ0) is 17.8. The first kappa shape index (κ1) is 15.1. The van der Waals surface area contributed by atoms with E-state index in [2.05, 4.69) is 67.4 Å². The number of aryl methyl sites for hydroxylation is 2. The van der Waals surface area contributed by atoms with E-state index in [1.54, 1.807) is 0 Å². The van der Waals surface area contributed by atoms with Crippen molar-refractivity contribution >= 4 is 27.6 Å². The quantitative estimate of drug-likeness (QED) is 0.512. The van der Waals surface area contributed by atoms with Gasteiger partial charge in [0.15, 0.2) is 5.82 Å². The number of aromatic nitrogens is 2. The van der Waals surface area contributed by atoms with Gasteiger partial charge in [-0.25, -0.2) is 9.97 Å². The lowest BCUT2D eigenvalue weighted by Gasteiger charge is -2.11. The van der Waals surface area contributed by atoms with Gasteiger partial charge in [0, 0.05) is 22.8 Å². The Labute approximate surface area is 151 Å². The molecule has 0 saturated carbocycles. The first-order valence-corrected chi connectivity index (χ1v) is 8.81. The third-order valence-electron chi connectivity index (χ3n) is 5.10. The lowest BCUT2D eigenvalue weighted by Crippen LogP contribution is -2.03. The minimum atomic E-state index is -0.00222. The molecule has 1 atom stereocenters. The Bertz CT molecular complexity index is 1170. The van der Waals surface area contributed by atoms with Gasteiger partial charge in [0.05, 0.1) is 5.52 Å². The van der Waals surface area contributed by atoms with Crippen LogP contribution in [0.15, 0.2) is 48.5 Å². The highest BCUT2D eigenvalue weighted by Crippen LogP contribution is 2.39. The van der Waals surface area contributed by atoms with Crippen molar-refractivity contribution in [2.75, 3.05) is 5.73 Å². The number of nitrogens with two attached hydrogens (primary N) is 1. The van der Waals surface area contributed by atoms with Crippen molar-refractivity contribution in [2.24, 2.45) is 0 Å². The molecule has 4 heteroatoms. The summed E-state index contributed by atoms with van der Waals surface area (Å²) in [5, 5.41) is 2.12. The molecule has 26 heavy (non-hydrogen) atoms. The number of hydrogen-bond donors (Lipinski definition) is 1. The summed E-state index contributed by atoms with van der Waals surface area (Å²) in [7, 11) is 0. The van der Waals surface area contributed by atoms with E-state index in [0.29, 0.717) is 17.2 Å². The van der Waals surface area contributed by atoms with E-state index < -0.39 is 0 Å². The van der Waals surface area contributed by atoms with Crippen molar-refractivity contribution < 1.29 is 4.74 Å². The SMILES string of the molecule is Cc1ccc(C2Cc3cc4c(nc3O2)c(N)nc2cc(C)ccc24)cc1. The van der Waals surface area contributed by atoms with Gasteiger partial charge >= 0.3 is 0 Å². The predicted molar refractivity (Wildman–Crippen MR) is 104 cm³/mol. The van der Waals surface area contributed by atoms with Crippen LogP contribution in [0.3, 0.4) is 0 Å². The standard InChI is InChI=1S/C22H19N3O/c1-12-3-6-14(7-4-12)19-11-15-10-17-16-8-5-13(2)9-18(16)24-21(23)20(17)25-22(15)26-19/h3-10,19H,11H2,1-2H3,(H2,23,24). The summed E-state index contributed by atoms with van der Waals surface area (Å²) >= 11 is 0. The maximum Gasteiger partial charge on any atom is 0.218 e. The van der Waals surface area contributed by atoms with E-state index in [4.69, 9.17) is 15.5 Å². The first-order valence-electron chi connectivity index (χ1n) is 8.81. The maximum atomic E-state index is 6.20. The molecule has 5 rings (SSSR count). The second-order valence-electron chi connectivity index (χ2n) is 7.09. The second kappa shape index (κ2) is 5.43. The molecule has 2 N–H and O–H groups in total. The minimum absolute atomic E-state index is 0.00222. The van der Waals surface area contributed by atoms with Crippen LogP contribution in [0.5, 0.6) is 5.88 Å². The summed E-state index contributed by atoms with van der Waals surface area (Å²) in [6.45, 7) is 4.15. The van der Waals surface area contributed by atoms with Gasteiger partial charge < -0.3 is 10.5 Å². The Hall–Kier alpha value is -3.14. The number of nitrogens with zero attached hydrogens (tertiary/aromatic N) is 2. The van der Waals surface area contributed by atoms with Gasteiger partial charge in [-0.15, -0.1) is 0 Å². The summed E-state index contributed by atoms with van der Waals surface area (Å²) in [5.74, 6) is 1.12. The topological polar surface area (TPSA) is 61.0 Å². The average Bonchev–Trinajstić information content (AvgIpc) is 3.04. The van der Waals surface area contributed by atoms with Crippen LogP contribution in [-0.4, -0.2) is 9.97 Å². The lowest BCUT2D eigenvalue weighted by molar-refractivity contribution is 0.231. The van der Waals surface area contributed by atoms with E-state index in [9.17, 15) is 0 Å². The molecule has 4 aromatic rings. The number of hydrogen-bond acceptors (Lipinski definition) is 4. The van der Waals surface area contributed by atoms with Crippen LogP contribution in [0.2, 0.25) is 0 Å². The molecule has 128 valence electrons. The summed E-state index contributed by atoms with van der Waals surface area (Å²) in [6.07, 6.45) is 0.814. The fourth-order valence-electron chi connectivity index (χ4n) is 3.67. The Morgan fingerprint density at radius 3 is 2.50 bits per heavy atom. The van der Waals surface area contributed by atoms with Gasteiger partial charge in [-0.1, -0.05) is 42.0 Å². The molecule has 1 unspecified atom stereocenters. The Morgan fingerprint density at radius 2 is 1.69 bits per heavy atom. The fraction of sp³-hybridized carbons (Fsp3) is 0.182. The smallest absolute Gasteiger partial charge is 0.218 e. The second-order valence-corrected chi connectivity index (χ2v) is 7.09. The summed E-state index contributed by atoms with van der Waals surface area (Å²) in [4.78, 5) is 9.25. The molecule has 3 heterocycles. The van der Waals surface area contributed by atoms with Crippen molar-refractivity contribution in [3.8, 4) is 5.88 Å². The number of ether oxygens (including phenoxy) is 1. The highest BCUT2D eigenvalue weighted by molar-refractivity contribution is 6.08. The van der Waals surface area contributed by atoms with Crippen LogP contribution in [0, 0.1) is 13.8 Å². The average molecular weight is 341 g/mol. The van der Waals surface area contributed by atoms with Crippen molar-refractivity contribution in [3.05, 3.63) is 70.8 Å². The molecule has 2 aromatic heterocycles. The van der Waals surface area contributed by atoms with Crippen molar-refractivity contribution in [1.29, 1.82) is 0 Å². The summed E-state index contributed by atoms with van der Waals surface area (Å²) in [6, 6.07) is 16.9. The van der Waals surface area contributed by atoms with E-state index >= 15 is 0 Å². The van der Waals surface area contributed by atoms with Gasteiger partial charge in [0.2, 0.25) is 5.88 Å². The molecule has 0 saturated heterocycles. The number of anilines is 1. The number of fused-ring (bicyclic) bond motifs is 4. The van der Waals surface area contributed by atoms with E-state index in [0.717, 1.165) is 28.3 Å². The highest BCUT2D eigenvalue weighted by Gasteiger charge is 2.27. The zero-order valence-electron chi connectivity index (χ0n) is 14.8. The molecule has 0 spiro atoms. The molecule has 1 aliphatic rings. The molecule has 0 bridgehead atoms. The molecular formula is C22H19N3O. The molecule has 1 aliphatic heterocycles. The molecule has 0 aliphatic carbocycles. The molecule has 0 radical (unpaired) electrons. The highest BCUT2D eigenvalue weighted by atomic mass is 16.5. The number of nitrogen functional groups attached to an aromatic ring is 1. The van der Waals surface area contributed by atoms with Crippen LogP contribution >= 0.6 is 0 Å². The van der Waals surface area contributed by atoms with Gasteiger partial charge in [-0.3, -0.25) is 0 Å². The van der Waals surface area contributed by atoms with Crippen LogP contribution < -0.4 is 10.5 Å². The van der Waals surface area contributed by atoms with Gasteiger partial charge in [0.1, 0.15) is 11.6 Å². The monoisotopic (exact) mass is 341 g/mol. The molecular weight excluding hydrogens is 322 g/mol. The molecule has 4 nitrogen and oxygen atoms in total. The van der Waals surface area contributed by atoms with Crippen LogP contribution in [0.1, 0.15) is 28.4 Å². The Balaban J connectivity index is 1.65. The zero-order valence-corrected chi connectivity index (χ0v) is 14.8. The molecule has 0 fully saturated rings. The first-order chi connectivity index (χ1) is 12.6. The van der Waals surface area contributed by atoms with Crippen molar-refractivity contribution in [1.82, 2.24) is 9.97 Å². The van der Waals surface area contributed by atoms with Crippen molar-refractivity contribution in [2.45, 2.75) is 26.4 Å². The number of pyridine rings is 2. The minimum Gasteiger partial charge on any atom is -0.469 e. The third-order valence-corrected chi connectivity index (χ3v) is 5.10. The summed E-state index contributed by atoms with van der Waals surface area (Å²) in [5.41, 5.74) is 12.5. The maximum absolute atomic E-state index is 6.20. The third kappa shape index (κ3) is 2.30. The van der Waals surface area contributed by atoms with Gasteiger partial charge in [-0.05, 0) is 37.1 Å². The lowest BCUT2D eigenvalue weighted by atomic mass is 10.0. The normalized spacial score (nSPS) is 16.0. The van der Waals surface area contributed by atoms with Gasteiger partial charge in [-0.2, -0.15) is 0 Å². The largest absolute Gasteiger partial charge is 0.469 e. The van der Waals surface area contributed by atoms with E-state index in [-0.39, 0.29) is 6.10 Å². The van der Waals surface area contributed by atoms with Crippen LogP contribution in [0.25, 0.3) is 21.8 Å². The Kier molecular flexibility index (Phi) is 3.16. The Morgan fingerprint density at radius 1 is 0.923 bits per heavy atom. The van der Waals surface area contributed by atoms with E-state index in [1.165, 1.54) is 16.7 Å². The molecule has 0 amide bonds. The van der Waals surface area contributed by atoms with E-state index in [1.807, 2.05) is 0 Å².